The second kappa shape index (κ2) is 6.71. The van der Waals surface area contributed by atoms with Crippen LogP contribution < -0.4 is 5.32 Å². The van der Waals surface area contributed by atoms with Gasteiger partial charge < -0.3 is 5.32 Å². The number of nitrogens with one attached hydrogen (secondary N) is 1. The molecule has 1 aliphatic rings. The Kier molecular flexibility index (Phi) is 4.97. The molecule has 1 N–H and O–H groups in total. The van der Waals surface area contributed by atoms with Crippen molar-refractivity contribution < 1.29 is 4.79 Å². The fourth-order valence-electron chi connectivity index (χ4n) is 2.75. The van der Waals surface area contributed by atoms with E-state index in [0.29, 0.717) is 12.6 Å². The summed E-state index contributed by atoms with van der Waals surface area (Å²) in [6.07, 6.45) is 4.88. The number of anilines is 1. The molecule has 3 heteroatoms. The van der Waals surface area contributed by atoms with Crippen LogP contribution in [0.1, 0.15) is 38.2 Å². The third kappa shape index (κ3) is 4.06. The third-order valence-electron chi connectivity index (χ3n) is 3.90. The maximum absolute atomic E-state index is 12.1. The monoisotopic (exact) mass is 260 g/mol. The Morgan fingerprint density at radius 2 is 2.05 bits per heavy atom. The largest absolute Gasteiger partial charge is 0.325 e. The van der Waals surface area contributed by atoms with Gasteiger partial charge in [0.05, 0.1) is 6.54 Å². The minimum atomic E-state index is 0.101. The van der Waals surface area contributed by atoms with Crippen molar-refractivity contribution in [1.82, 2.24) is 4.90 Å². The first-order valence-electron chi connectivity index (χ1n) is 7.29. The van der Waals surface area contributed by atoms with E-state index in [1.807, 2.05) is 31.2 Å². The minimum Gasteiger partial charge on any atom is -0.325 e. The molecule has 19 heavy (non-hydrogen) atoms. The highest BCUT2D eigenvalue weighted by atomic mass is 16.2. The second-order valence-corrected chi connectivity index (χ2v) is 5.44. The van der Waals surface area contributed by atoms with E-state index in [4.69, 9.17) is 0 Å². The summed E-state index contributed by atoms with van der Waals surface area (Å²) in [4.78, 5) is 14.4. The van der Waals surface area contributed by atoms with Crippen LogP contribution in [0.25, 0.3) is 0 Å². The van der Waals surface area contributed by atoms with Crippen molar-refractivity contribution in [3.05, 3.63) is 29.8 Å². The Balaban J connectivity index is 1.88. The van der Waals surface area contributed by atoms with Crippen molar-refractivity contribution in [1.29, 1.82) is 0 Å². The van der Waals surface area contributed by atoms with Crippen LogP contribution in [0.15, 0.2) is 24.3 Å². The molecule has 1 atom stereocenters. The number of rotatable bonds is 4. The summed E-state index contributed by atoms with van der Waals surface area (Å²) in [5.41, 5.74) is 2.10. The lowest BCUT2D eigenvalue weighted by atomic mass is 10.00. The number of carbonyl (C=O) groups excluding carboxylic acids is 1. The van der Waals surface area contributed by atoms with Crippen LogP contribution in [-0.4, -0.2) is 29.9 Å². The Labute approximate surface area is 116 Å². The Hall–Kier alpha value is -1.35. The number of carbonyl (C=O) groups is 1. The second-order valence-electron chi connectivity index (χ2n) is 5.44. The topological polar surface area (TPSA) is 32.3 Å². The zero-order valence-corrected chi connectivity index (χ0v) is 12.0. The van der Waals surface area contributed by atoms with Gasteiger partial charge >= 0.3 is 0 Å². The molecule has 1 aromatic rings. The minimum absolute atomic E-state index is 0.101. The molecule has 0 spiro atoms. The normalized spacial score (nSPS) is 20.2. The predicted molar refractivity (Wildman–Crippen MR) is 79.3 cm³/mol. The van der Waals surface area contributed by atoms with Gasteiger partial charge in [-0.1, -0.05) is 31.0 Å². The van der Waals surface area contributed by atoms with E-state index in [1.165, 1.54) is 24.8 Å². The van der Waals surface area contributed by atoms with Crippen molar-refractivity contribution in [2.45, 2.75) is 45.6 Å². The molecule has 1 amide bonds. The molecule has 3 nitrogen and oxygen atoms in total. The molecule has 0 bridgehead atoms. The third-order valence-corrected chi connectivity index (χ3v) is 3.90. The van der Waals surface area contributed by atoms with E-state index >= 15 is 0 Å². The van der Waals surface area contributed by atoms with E-state index in [-0.39, 0.29) is 5.91 Å². The van der Waals surface area contributed by atoms with Crippen LogP contribution in [-0.2, 0) is 4.79 Å². The lowest BCUT2D eigenvalue weighted by Gasteiger charge is -2.34. The molecule has 1 aromatic carbocycles. The smallest absolute Gasteiger partial charge is 0.238 e. The molecule has 1 fully saturated rings. The quantitative estimate of drug-likeness (QED) is 0.901. The number of amides is 1. The molecule has 0 saturated carbocycles. The fourth-order valence-corrected chi connectivity index (χ4v) is 2.75. The van der Waals surface area contributed by atoms with Crippen LogP contribution in [0.3, 0.4) is 0 Å². The van der Waals surface area contributed by atoms with Crippen LogP contribution >= 0.6 is 0 Å². The molecule has 0 aromatic heterocycles. The van der Waals surface area contributed by atoms with E-state index in [2.05, 4.69) is 17.1 Å². The highest BCUT2D eigenvalue weighted by molar-refractivity contribution is 5.92. The van der Waals surface area contributed by atoms with Crippen molar-refractivity contribution in [2.75, 3.05) is 18.4 Å². The molecular weight excluding hydrogens is 236 g/mol. The fraction of sp³-hybridized carbons (Fsp3) is 0.562. The number of aryl methyl sites for hydroxylation is 1. The summed E-state index contributed by atoms with van der Waals surface area (Å²) in [6, 6.07) is 8.54. The van der Waals surface area contributed by atoms with Gasteiger partial charge in [-0.15, -0.1) is 0 Å². The number of benzene rings is 1. The molecule has 0 aliphatic carbocycles. The summed E-state index contributed by atoms with van der Waals surface area (Å²) in [6.45, 7) is 5.83. The SMILES string of the molecule is CCC1CCCCN1CC(=O)Nc1ccc(C)cc1. The van der Waals surface area contributed by atoms with Gasteiger partial charge in [-0.3, -0.25) is 9.69 Å². The lowest BCUT2D eigenvalue weighted by molar-refractivity contribution is -0.118. The van der Waals surface area contributed by atoms with Crippen molar-refractivity contribution in [3.8, 4) is 0 Å². The van der Waals surface area contributed by atoms with E-state index < -0.39 is 0 Å². The average molecular weight is 260 g/mol. The maximum atomic E-state index is 12.1. The molecular formula is C16H24N2O. The molecule has 104 valence electrons. The van der Waals surface area contributed by atoms with Crippen LogP contribution in [0.5, 0.6) is 0 Å². The number of hydrogen-bond donors (Lipinski definition) is 1. The van der Waals surface area contributed by atoms with E-state index in [9.17, 15) is 4.79 Å². The van der Waals surface area contributed by atoms with Gasteiger partial charge in [-0.25, -0.2) is 0 Å². The Morgan fingerprint density at radius 1 is 1.32 bits per heavy atom. The lowest BCUT2D eigenvalue weighted by Crippen LogP contribution is -2.43. The van der Waals surface area contributed by atoms with Crippen molar-refractivity contribution in [2.24, 2.45) is 0 Å². The van der Waals surface area contributed by atoms with Gasteiger partial charge in [0.1, 0.15) is 0 Å². The summed E-state index contributed by atoms with van der Waals surface area (Å²) in [5, 5.41) is 2.98. The zero-order chi connectivity index (χ0) is 13.7. The first-order chi connectivity index (χ1) is 9.19. The molecule has 1 saturated heterocycles. The highest BCUT2D eigenvalue weighted by Crippen LogP contribution is 2.19. The van der Waals surface area contributed by atoms with Crippen molar-refractivity contribution >= 4 is 11.6 Å². The summed E-state index contributed by atoms with van der Waals surface area (Å²) in [5.74, 6) is 0.101. The van der Waals surface area contributed by atoms with Crippen LogP contribution in [0.2, 0.25) is 0 Å². The summed E-state index contributed by atoms with van der Waals surface area (Å²) < 4.78 is 0. The maximum Gasteiger partial charge on any atom is 0.238 e. The first-order valence-corrected chi connectivity index (χ1v) is 7.29. The number of nitrogens with zero attached hydrogens (tertiary/aromatic N) is 1. The molecule has 2 rings (SSSR count). The van der Waals surface area contributed by atoms with Gasteiger partial charge in [0, 0.05) is 11.7 Å². The standard InChI is InChI=1S/C16H24N2O/c1-3-15-6-4-5-11-18(15)12-16(19)17-14-9-7-13(2)8-10-14/h7-10,15H,3-6,11-12H2,1-2H3,(H,17,19). The van der Waals surface area contributed by atoms with Crippen LogP contribution in [0, 0.1) is 6.92 Å². The van der Waals surface area contributed by atoms with E-state index in [0.717, 1.165) is 18.7 Å². The molecule has 1 unspecified atom stereocenters. The number of likely N-dealkylation sites (tertiary alicyclic amines) is 1. The van der Waals surface area contributed by atoms with Gasteiger partial charge in [0.2, 0.25) is 5.91 Å². The summed E-state index contributed by atoms with van der Waals surface area (Å²) in [7, 11) is 0. The predicted octanol–water partition coefficient (Wildman–Crippen LogP) is 3.20. The van der Waals surface area contributed by atoms with Gasteiger partial charge in [-0.2, -0.15) is 0 Å². The number of hydrogen-bond acceptors (Lipinski definition) is 2. The molecule has 1 aliphatic heterocycles. The zero-order valence-electron chi connectivity index (χ0n) is 12.0. The van der Waals surface area contributed by atoms with E-state index in [1.54, 1.807) is 0 Å². The van der Waals surface area contributed by atoms with Gasteiger partial charge in [-0.05, 0) is 44.9 Å². The average Bonchev–Trinajstić information content (AvgIpc) is 2.42. The van der Waals surface area contributed by atoms with Crippen molar-refractivity contribution in [3.63, 3.8) is 0 Å². The van der Waals surface area contributed by atoms with Gasteiger partial charge in [0.25, 0.3) is 0 Å². The van der Waals surface area contributed by atoms with Crippen LogP contribution in [0.4, 0.5) is 5.69 Å². The summed E-state index contributed by atoms with van der Waals surface area (Å²) >= 11 is 0. The number of piperidine rings is 1. The Morgan fingerprint density at radius 3 is 2.74 bits per heavy atom. The van der Waals surface area contributed by atoms with Gasteiger partial charge in [0.15, 0.2) is 0 Å². The Bertz CT molecular complexity index is 413. The highest BCUT2D eigenvalue weighted by Gasteiger charge is 2.22. The molecule has 0 radical (unpaired) electrons. The first kappa shape index (κ1) is 14.1. The molecule has 1 heterocycles.